The van der Waals surface area contributed by atoms with Gasteiger partial charge in [-0.2, -0.15) is 5.10 Å². The molecule has 6 heteroatoms. The lowest BCUT2D eigenvalue weighted by atomic mass is 9.91. The van der Waals surface area contributed by atoms with Crippen molar-refractivity contribution >= 4 is 17.2 Å². The summed E-state index contributed by atoms with van der Waals surface area (Å²) in [5.41, 5.74) is 5.09. The molecule has 2 aliphatic heterocycles. The van der Waals surface area contributed by atoms with Crippen LogP contribution in [0.1, 0.15) is 22.7 Å². The van der Waals surface area contributed by atoms with Crippen LogP contribution in [0, 0.1) is 6.92 Å². The predicted molar refractivity (Wildman–Crippen MR) is 104 cm³/mol. The molecule has 0 radical (unpaired) electrons. The molecule has 2 aromatic heterocycles. The molecule has 0 aliphatic carbocycles. The zero-order valence-electron chi connectivity index (χ0n) is 15.3. The number of aromatic nitrogens is 2. The van der Waals surface area contributed by atoms with Gasteiger partial charge in [-0.3, -0.25) is 4.79 Å². The third kappa shape index (κ3) is 2.96. The molecule has 27 heavy (non-hydrogen) atoms. The molecule has 0 spiro atoms. The van der Waals surface area contributed by atoms with Crippen LogP contribution in [0.3, 0.4) is 0 Å². The number of carbonyl (C=O) groups excluding carboxylic acids is 1. The first-order chi connectivity index (χ1) is 13.2. The van der Waals surface area contributed by atoms with E-state index in [0.717, 1.165) is 54.2 Å². The Kier molecular flexibility index (Phi) is 3.86. The molecule has 6 nitrogen and oxygen atoms in total. The standard InChI is InChI=1S/C21H22N4O2/c1-14-2-4-18-10-16(13-25(18)23-14)19-11-15-3-5-17(12-20(15)27-21(19)26)24-8-6-22-7-9-24/h2-5,10,12-13,19,22H,6-9,11H2,1H3. The van der Waals surface area contributed by atoms with Crippen molar-refractivity contribution in [3.8, 4) is 5.75 Å². The fourth-order valence-electron chi connectivity index (χ4n) is 3.96. The van der Waals surface area contributed by atoms with Crippen molar-refractivity contribution < 1.29 is 9.53 Å². The molecule has 1 atom stereocenters. The first-order valence-corrected chi connectivity index (χ1v) is 9.43. The third-order valence-corrected chi connectivity index (χ3v) is 5.47. The van der Waals surface area contributed by atoms with Crippen LogP contribution < -0.4 is 15.0 Å². The van der Waals surface area contributed by atoms with E-state index in [1.54, 1.807) is 0 Å². The first kappa shape index (κ1) is 16.3. The SMILES string of the molecule is Cc1ccc2cc(C3Cc4ccc(N5CCNCC5)cc4OC3=O)cn2n1. The first-order valence-electron chi connectivity index (χ1n) is 9.43. The summed E-state index contributed by atoms with van der Waals surface area (Å²) in [6.07, 6.45) is 2.60. The minimum absolute atomic E-state index is 0.187. The maximum absolute atomic E-state index is 12.7. The van der Waals surface area contributed by atoms with E-state index in [9.17, 15) is 4.79 Å². The normalized spacial score (nSPS) is 19.8. The summed E-state index contributed by atoms with van der Waals surface area (Å²) in [5.74, 6) is 0.224. The lowest BCUT2D eigenvalue weighted by Crippen LogP contribution is -2.43. The number of benzene rings is 1. The Balaban J connectivity index is 1.44. The Morgan fingerprint density at radius 3 is 2.85 bits per heavy atom. The second-order valence-corrected chi connectivity index (χ2v) is 7.32. The molecule has 3 aromatic rings. The van der Waals surface area contributed by atoms with Gasteiger partial charge >= 0.3 is 5.97 Å². The van der Waals surface area contributed by atoms with E-state index in [2.05, 4.69) is 27.4 Å². The van der Waals surface area contributed by atoms with Crippen molar-refractivity contribution in [2.24, 2.45) is 0 Å². The monoisotopic (exact) mass is 362 g/mol. The van der Waals surface area contributed by atoms with Crippen molar-refractivity contribution in [2.45, 2.75) is 19.3 Å². The number of fused-ring (bicyclic) bond motifs is 2. The van der Waals surface area contributed by atoms with E-state index < -0.39 is 0 Å². The van der Waals surface area contributed by atoms with Gasteiger partial charge in [-0.15, -0.1) is 0 Å². The molecule has 2 aliphatic rings. The molecular formula is C21H22N4O2. The average Bonchev–Trinajstić information content (AvgIpc) is 3.10. The van der Waals surface area contributed by atoms with Gasteiger partial charge in [-0.05, 0) is 48.7 Å². The molecule has 1 unspecified atom stereocenters. The Labute approximate surface area is 157 Å². The summed E-state index contributed by atoms with van der Waals surface area (Å²) in [6, 6.07) is 12.3. The molecule has 1 saturated heterocycles. The number of nitrogens with one attached hydrogen (secondary N) is 1. The molecular weight excluding hydrogens is 340 g/mol. The van der Waals surface area contributed by atoms with Crippen LogP contribution in [0.15, 0.2) is 42.6 Å². The van der Waals surface area contributed by atoms with Crippen LogP contribution in [0.4, 0.5) is 5.69 Å². The summed E-state index contributed by atoms with van der Waals surface area (Å²) in [5, 5.41) is 7.84. The third-order valence-electron chi connectivity index (χ3n) is 5.47. The highest BCUT2D eigenvalue weighted by Crippen LogP contribution is 2.36. The maximum Gasteiger partial charge on any atom is 0.319 e. The van der Waals surface area contributed by atoms with Crippen molar-refractivity contribution in [3.05, 3.63) is 59.4 Å². The van der Waals surface area contributed by atoms with Crippen LogP contribution in [-0.4, -0.2) is 41.8 Å². The molecule has 0 bridgehead atoms. The molecule has 0 saturated carbocycles. The Bertz CT molecular complexity index is 1020. The van der Waals surface area contributed by atoms with Crippen LogP contribution in [0.5, 0.6) is 5.75 Å². The Morgan fingerprint density at radius 2 is 2.00 bits per heavy atom. The van der Waals surface area contributed by atoms with Crippen LogP contribution in [0.25, 0.3) is 5.52 Å². The molecule has 5 rings (SSSR count). The number of aryl methyl sites for hydroxylation is 1. The average molecular weight is 362 g/mol. The number of carbonyl (C=O) groups is 1. The van der Waals surface area contributed by atoms with E-state index in [4.69, 9.17) is 4.74 Å². The van der Waals surface area contributed by atoms with Crippen molar-refractivity contribution in [2.75, 3.05) is 31.1 Å². The smallest absolute Gasteiger partial charge is 0.319 e. The predicted octanol–water partition coefficient (Wildman–Crippen LogP) is 2.30. The van der Waals surface area contributed by atoms with Crippen molar-refractivity contribution in [3.63, 3.8) is 0 Å². The van der Waals surface area contributed by atoms with Gasteiger partial charge in [0, 0.05) is 44.1 Å². The second-order valence-electron chi connectivity index (χ2n) is 7.32. The topological polar surface area (TPSA) is 58.9 Å². The summed E-state index contributed by atoms with van der Waals surface area (Å²) in [6.45, 7) is 5.86. The molecule has 4 heterocycles. The van der Waals surface area contributed by atoms with E-state index in [-0.39, 0.29) is 11.9 Å². The van der Waals surface area contributed by atoms with Gasteiger partial charge in [0.1, 0.15) is 5.75 Å². The van der Waals surface area contributed by atoms with Gasteiger partial charge in [0.25, 0.3) is 0 Å². The van der Waals surface area contributed by atoms with Crippen LogP contribution in [0.2, 0.25) is 0 Å². The van der Waals surface area contributed by atoms with Gasteiger partial charge in [-0.1, -0.05) is 6.07 Å². The van der Waals surface area contributed by atoms with E-state index >= 15 is 0 Å². The zero-order chi connectivity index (χ0) is 18.4. The molecule has 1 fully saturated rings. The highest BCUT2D eigenvalue weighted by molar-refractivity contribution is 5.84. The highest BCUT2D eigenvalue weighted by Gasteiger charge is 2.31. The van der Waals surface area contributed by atoms with Crippen LogP contribution in [-0.2, 0) is 11.2 Å². The van der Waals surface area contributed by atoms with Gasteiger partial charge < -0.3 is 15.0 Å². The lowest BCUT2D eigenvalue weighted by Gasteiger charge is -2.31. The van der Waals surface area contributed by atoms with Crippen LogP contribution >= 0.6 is 0 Å². The van der Waals surface area contributed by atoms with Crippen molar-refractivity contribution in [1.29, 1.82) is 0 Å². The quantitative estimate of drug-likeness (QED) is 0.560. The van der Waals surface area contributed by atoms with Gasteiger partial charge in [0.15, 0.2) is 0 Å². The number of anilines is 1. The fraction of sp³-hybridized carbons (Fsp3) is 0.333. The van der Waals surface area contributed by atoms with Gasteiger partial charge in [0.2, 0.25) is 0 Å². The summed E-state index contributed by atoms with van der Waals surface area (Å²) < 4.78 is 7.57. The fourth-order valence-corrected chi connectivity index (χ4v) is 3.96. The number of ether oxygens (including phenoxy) is 1. The molecule has 138 valence electrons. The number of piperazine rings is 1. The molecule has 1 N–H and O–H groups in total. The summed E-state index contributed by atoms with van der Waals surface area (Å²) in [4.78, 5) is 15.0. The Hall–Kier alpha value is -2.86. The minimum Gasteiger partial charge on any atom is -0.426 e. The number of hydrogen-bond acceptors (Lipinski definition) is 5. The van der Waals surface area contributed by atoms with Crippen molar-refractivity contribution in [1.82, 2.24) is 14.9 Å². The van der Waals surface area contributed by atoms with E-state index in [0.29, 0.717) is 12.2 Å². The number of rotatable bonds is 2. The van der Waals surface area contributed by atoms with Gasteiger partial charge in [0.05, 0.1) is 17.1 Å². The molecule has 0 amide bonds. The Morgan fingerprint density at radius 1 is 1.15 bits per heavy atom. The zero-order valence-corrected chi connectivity index (χ0v) is 15.3. The summed E-state index contributed by atoms with van der Waals surface area (Å²) >= 11 is 0. The maximum atomic E-state index is 12.7. The highest BCUT2D eigenvalue weighted by atomic mass is 16.5. The summed E-state index contributed by atoms with van der Waals surface area (Å²) in [7, 11) is 0. The number of hydrogen-bond donors (Lipinski definition) is 1. The largest absolute Gasteiger partial charge is 0.426 e. The van der Waals surface area contributed by atoms with Gasteiger partial charge in [-0.25, -0.2) is 4.52 Å². The lowest BCUT2D eigenvalue weighted by molar-refractivity contribution is -0.137. The van der Waals surface area contributed by atoms with E-state index in [1.807, 2.05) is 41.9 Å². The van der Waals surface area contributed by atoms with E-state index in [1.165, 1.54) is 0 Å². The molecule has 1 aromatic carbocycles. The second kappa shape index (κ2) is 6.39. The number of nitrogens with zero attached hydrogens (tertiary/aromatic N) is 3. The minimum atomic E-state index is -0.287. The number of esters is 1.